The van der Waals surface area contributed by atoms with Crippen molar-refractivity contribution in [1.29, 1.82) is 0 Å². The van der Waals surface area contributed by atoms with Crippen molar-refractivity contribution in [2.75, 3.05) is 6.54 Å². The van der Waals surface area contributed by atoms with Gasteiger partial charge in [0.2, 0.25) is 6.54 Å². The number of nitro groups is 1. The fraction of sp³-hybridized carbons (Fsp3) is 1.00. The molecule has 0 saturated carbocycles. The molecule has 0 aliphatic carbocycles. The fourth-order valence-corrected chi connectivity index (χ4v) is 3.20. The van der Waals surface area contributed by atoms with Gasteiger partial charge in [0.15, 0.2) is 0 Å². The molecule has 0 radical (unpaired) electrons. The highest BCUT2D eigenvalue weighted by atomic mass is 28.3. The Bertz CT molecular complexity index is 165. The van der Waals surface area contributed by atoms with Gasteiger partial charge in [-0.2, -0.15) is 0 Å². The third-order valence-electron chi connectivity index (χ3n) is 2.50. The molecule has 0 amide bonds. The van der Waals surface area contributed by atoms with Crippen LogP contribution in [0.3, 0.4) is 0 Å². The summed E-state index contributed by atoms with van der Waals surface area (Å²) in [6.07, 6.45) is 3.30. The Labute approximate surface area is 81.7 Å². The van der Waals surface area contributed by atoms with E-state index in [1.807, 2.05) is 0 Å². The van der Waals surface area contributed by atoms with Gasteiger partial charge in [0.25, 0.3) is 0 Å². The number of unbranched alkanes of at least 4 members (excludes halogenated alkanes) is 1. The SMILES string of the molecule is CCCCC(C[N+](=O)[O-])[Si](C)(C)C. The maximum absolute atomic E-state index is 10.4. The van der Waals surface area contributed by atoms with Crippen molar-refractivity contribution in [2.24, 2.45) is 0 Å². The lowest BCUT2D eigenvalue weighted by molar-refractivity contribution is -0.480. The first-order valence-electron chi connectivity index (χ1n) is 4.99. The van der Waals surface area contributed by atoms with Gasteiger partial charge in [-0.05, 0) is 6.42 Å². The van der Waals surface area contributed by atoms with E-state index in [4.69, 9.17) is 0 Å². The van der Waals surface area contributed by atoms with Crippen LogP contribution in [-0.4, -0.2) is 19.5 Å². The third-order valence-corrected chi connectivity index (χ3v) is 5.42. The Morgan fingerprint density at radius 1 is 1.38 bits per heavy atom. The molecule has 1 unspecified atom stereocenters. The van der Waals surface area contributed by atoms with Crippen LogP contribution in [0.15, 0.2) is 0 Å². The normalized spacial score (nSPS) is 14.2. The summed E-state index contributed by atoms with van der Waals surface area (Å²) in [7, 11) is -1.33. The summed E-state index contributed by atoms with van der Waals surface area (Å²) in [6.45, 7) is 8.97. The van der Waals surface area contributed by atoms with Crippen molar-refractivity contribution >= 4 is 8.07 Å². The molecule has 0 N–H and O–H groups in total. The Kier molecular flexibility index (Phi) is 5.21. The first-order valence-corrected chi connectivity index (χ1v) is 8.57. The van der Waals surface area contributed by atoms with Gasteiger partial charge >= 0.3 is 0 Å². The average molecular weight is 203 g/mol. The molecule has 4 heteroatoms. The van der Waals surface area contributed by atoms with Crippen LogP contribution in [0.4, 0.5) is 0 Å². The lowest BCUT2D eigenvalue weighted by Gasteiger charge is -2.25. The Morgan fingerprint density at radius 3 is 2.23 bits per heavy atom. The summed E-state index contributed by atoms with van der Waals surface area (Å²) in [6, 6.07) is 0. The van der Waals surface area contributed by atoms with Crippen molar-refractivity contribution in [1.82, 2.24) is 0 Å². The van der Waals surface area contributed by atoms with E-state index in [0.717, 1.165) is 19.3 Å². The van der Waals surface area contributed by atoms with E-state index >= 15 is 0 Å². The third kappa shape index (κ3) is 5.79. The summed E-state index contributed by atoms with van der Waals surface area (Å²) in [5.74, 6) is 0. The largest absolute Gasteiger partial charge is 0.265 e. The molecular weight excluding hydrogens is 182 g/mol. The molecule has 0 heterocycles. The summed E-state index contributed by atoms with van der Waals surface area (Å²) in [5.41, 5.74) is 0.349. The number of hydrogen-bond acceptors (Lipinski definition) is 2. The molecular formula is C9H21NO2Si. The summed E-state index contributed by atoms with van der Waals surface area (Å²) in [4.78, 5) is 10.3. The average Bonchev–Trinajstić information content (AvgIpc) is 1.95. The van der Waals surface area contributed by atoms with E-state index in [9.17, 15) is 10.1 Å². The predicted octanol–water partition coefficient (Wildman–Crippen LogP) is 3.16. The predicted molar refractivity (Wildman–Crippen MR) is 58.5 cm³/mol. The van der Waals surface area contributed by atoms with Crippen molar-refractivity contribution in [3.05, 3.63) is 10.1 Å². The van der Waals surface area contributed by atoms with Crippen LogP contribution < -0.4 is 0 Å². The molecule has 1 atom stereocenters. The van der Waals surface area contributed by atoms with E-state index in [1.54, 1.807) is 0 Å². The topological polar surface area (TPSA) is 43.1 Å². The Hall–Kier alpha value is -0.383. The van der Waals surface area contributed by atoms with E-state index in [-0.39, 0.29) is 11.5 Å². The molecule has 0 fully saturated rings. The summed E-state index contributed by atoms with van der Waals surface area (Å²) < 4.78 is 0. The minimum Gasteiger partial charge on any atom is -0.265 e. The first kappa shape index (κ1) is 12.6. The van der Waals surface area contributed by atoms with Gasteiger partial charge in [-0.3, -0.25) is 10.1 Å². The van der Waals surface area contributed by atoms with Crippen LogP contribution in [0, 0.1) is 10.1 Å². The highest BCUT2D eigenvalue weighted by Gasteiger charge is 2.29. The standard InChI is InChI=1S/C9H21NO2Si/c1-5-6-7-9(8-10(11)12)13(2,3)4/h9H,5-8H2,1-4H3. The molecule has 0 aliphatic heterocycles. The quantitative estimate of drug-likeness (QED) is 0.378. The molecule has 0 saturated heterocycles. The molecule has 0 rings (SSSR count). The van der Waals surface area contributed by atoms with Crippen LogP contribution in [0.2, 0.25) is 25.2 Å². The van der Waals surface area contributed by atoms with Gasteiger partial charge in [0, 0.05) is 10.5 Å². The number of rotatable bonds is 6. The van der Waals surface area contributed by atoms with Crippen molar-refractivity contribution in [3.63, 3.8) is 0 Å². The Balaban J connectivity index is 4.11. The molecule has 13 heavy (non-hydrogen) atoms. The van der Waals surface area contributed by atoms with Gasteiger partial charge in [0.1, 0.15) is 0 Å². The maximum atomic E-state index is 10.4. The lowest BCUT2D eigenvalue weighted by atomic mass is 10.2. The van der Waals surface area contributed by atoms with Crippen molar-refractivity contribution in [2.45, 2.75) is 51.4 Å². The zero-order valence-electron chi connectivity index (χ0n) is 9.17. The summed E-state index contributed by atoms with van der Waals surface area (Å²) in [5, 5.41) is 10.4. The van der Waals surface area contributed by atoms with Crippen LogP contribution in [0.5, 0.6) is 0 Å². The van der Waals surface area contributed by atoms with Crippen LogP contribution in [0.25, 0.3) is 0 Å². The molecule has 0 aliphatic rings. The van der Waals surface area contributed by atoms with Crippen LogP contribution >= 0.6 is 0 Å². The van der Waals surface area contributed by atoms with Crippen LogP contribution in [0.1, 0.15) is 26.2 Å². The van der Waals surface area contributed by atoms with Gasteiger partial charge in [0.05, 0.1) is 8.07 Å². The highest BCUT2D eigenvalue weighted by Crippen LogP contribution is 2.27. The maximum Gasteiger partial charge on any atom is 0.204 e. The molecule has 0 aromatic rings. The number of hydrogen-bond donors (Lipinski definition) is 0. The first-order chi connectivity index (χ1) is 5.88. The minimum absolute atomic E-state index is 0.154. The van der Waals surface area contributed by atoms with E-state index in [2.05, 4.69) is 26.6 Å². The zero-order chi connectivity index (χ0) is 10.5. The fourth-order valence-electron chi connectivity index (χ4n) is 1.43. The lowest BCUT2D eigenvalue weighted by Crippen LogP contribution is -2.32. The number of nitrogens with zero attached hydrogens (tertiary/aromatic N) is 1. The highest BCUT2D eigenvalue weighted by molar-refractivity contribution is 6.77. The second-order valence-electron chi connectivity index (χ2n) is 4.72. The van der Waals surface area contributed by atoms with E-state index in [1.165, 1.54) is 0 Å². The van der Waals surface area contributed by atoms with E-state index < -0.39 is 8.07 Å². The summed E-state index contributed by atoms with van der Waals surface area (Å²) >= 11 is 0. The van der Waals surface area contributed by atoms with Crippen molar-refractivity contribution < 1.29 is 4.92 Å². The molecule has 0 aromatic carbocycles. The molecule has 0 bridgehead atoms. The van der Waals surface area contributed by atoms with Gasteiger partial charge in [-0.1, -0.05) is 39.4 Å². The second-order valence-corrected chi connectivity index (χ2v) is 10.3. The Morgan fingerprint density at radius 2 is 1.92 bits per heavy atom. The molecule has 0 aromatic heterocycles. The molecule has 0 spiro atoms. The van der Waals surface area contributed by atoms with Gasteiger partial charge < -0.3 is 0 Å². The van der Waals surface area contributed by atoms with E-state index in [0.29, 0.717) is 5.54 Å². The minimum atomic E-state index is -1.33. The van der Waals surface area contributed by atoms with Crippen LogP contribution in [-0.2, 0) is 0 Å². The van der Waals surface area contributed by atoms with Gasteiger partial charge in [-0.25, -0.2) is 0 Å². The van der Waals surface area contributed by atoms with Gasteiger partial charge in [-0.15, -0.1) is 0 Å². The van der Waals surface area contributed by atoms with Crippen molar-refractivity contribution in [3.8, 4) is 0 Å². The smallest absolute Gasteiger partial charge is 0.204 e. The second kappa shape index (κ2) is 5.37. The zero-order valence-corrected chi connectivity index (χ0v) is 10.2. The monoisotopic (exact) mass is 203 g/mol. The molecule has 3 nitrogen and oxygen atoms in total. The molecule has 78 valence electrons.